The molecule has 1 aromatic heterocycles. The third kappa shape index (κ3) is 8.15. The fourth-order valence-corrected chi connectivity index (χ4v) is 4.83. The van der Waals surface area contributed by atoms with Crippen LogP contribution in [0.2, 0.25) is 0 Å². The van der Waals surface area contributed by atoms with Crippen LogP contribution in [-0.4, -0.2) is 88.4 Å². The molecule has 13 nitrogen and oxygen atoms in total. The molecule has 1 aliphatic rings. The average Bonchev–Trinajstić information content (AvgIpc) is 3.59. The minimum absolute atomic E-state index is 0.0203. The predicted octanol–water partition coefficient (Wildman–Crippen LogP) is 0.0941. The van der Waals surface area contributed by atoms with E-state index in [1.54, 1.807) is 14.0 Å². The van der Waals surface area contributed by atoms with E-state index in [1.165, 1.54) is 11.0 Å². The van der Waals surface area contributed by atoms with E-state index in [-0.39, 0.29) is 42.2 Å². The fraction of sp³-hybridized carbons (Fsp3) is 0.517. The minimum atomic E-state index is -0.932. The number of aromatic nitrogens is 2. The number of nitrogens with one attached hydrogen (secondary N) is 5. The SMILES string of the molecule is CNC(C)C(=O)NC(C(=O)N1CC(NC(=O)c2cc(C(N)=O)n[nH]2)CC1C(=O)NC(C)Cc1ccccc1)C(C)(C)C. The summed E-state index contributed by atoms with van der Waals surface area (Å²) in [5, 5.41) is 17.8. The summed E-state index contributed by atoms with van der Waals surface area (Å²) in [6, 6.07) is 7.78. The number of carbonyl (C=O) groups is 5. The van der Waals surface area contributed by atoms with E-state index < -0.39 is 47.3 Å². The number of hydrogen-bond donors (Lipinski definition) is 6. The Hall–Kier alpha value is -4.26. The van der Waals surface area contributed by atoms with Crippen LogP contribution in [0.25, 0.3) is 0 Å². The standard InChI is InChI=1S/C29H42N8O5/c1-16(12-18-10-8-7-9-11-18)32-27(41)22-13-19(33-26(40)21-14-20(24(30)38)35-36-21)15-37(22)28(42)23(29(3,4)5)34-25(39)17(2)31-6/h7-11,14,16-17,19,22-23,31H,12-13,15H2,1-6H3,(H2,30,38)(H,32,41)(H,33,40)(H,34,39)(H,35,36). The summed E-state index contributed by atoms with van der Waals surface area (Å²) in [5.41, 5.74) is 5.54. The van der Waals surface area contributed by atoms with Crippen molar-refractivity contribution < 1.29 is 24.0 Å². The van der Waals surface area contributed by atoms with Crippen LogP contribution in [0.4, 0.5) is 0 Å². The van der Waals surface area contributed by atoms with Gasteiger partial charge in [-0.3, -0.25) is 29.1 Å². The number of aromatic amines is 1. The van der Waals surface area contributed by atoms with Crippen molar-refractivity contribution in [2.45, 2.75) is 77.7 Å². The Balaban J connectivity index is 1.83. The van der Waals surface area contributed by atoms with Crippen molar-refractivity contribution in [2.24, 2.45) is 11.1 Å². The lowest BCUT2D eigenvalue weighted by Gasteiger charge is -2.36. The van der Waals surface area contributed by atoms with Gasteiger partial charge in [-0.15, -0.1) is 0 Å². The number of likely N-dealkylation sites (N-methyl/N-ethyl adjacent to an activating group) is 1. The normalized spacial score (nSPS) is 19.0. The number of carbonyl (C=O) groups excluding carboxylic acids is 5. The Kier molecular flexibility index (Phi) is 10.4. The number of H-pyrrole nitrogens is 1. The maximum Gasteiger partial charge on any atom is 0.269 e. The zero-order valence-corrected chi connectivity index (χ0v) is 25.0. The van der Waals surface area contributed by atoms with Crippen LogP contribution in [0.3, 0.4) is 0 Å². The third-order valence-corrected chi connectivity index (χ3v) is 7.30. The fourth-order valence-electron chi connectivity index (χ4n) is 4.83. The first-order chi connectivity index (χ1) is 19.7. The van der Waals surface area contributed by atoms with Crippen LogP contribution in [0.1, 0.15) is 67.6 Å². The number of hydrogen-bond acceptors (Lipinski definition) is 7. The van der Waals surface area contributed by atoms with Crippen molar-refractivity contribution in [3.05, 3.63) is 53.3 Å². The molecule has 228 valence electrons. The van der Waals surface area contributed by atoms with Gasteiger partial charge in [0.2, 0.25) is 17.7 Å². The van der Waals surface area contributed by atoms with Crippen molar-refractivity contribution in [3.8, 4) is 0 Å². The second-order valence-electron chi connectivity index (χ2n) is 11.9. The van der Waals surface area contributed by atoms with Crippen LogP contribution in [0.15, 0.2) is 36.4 Å². The van der Waals surface area contributed by atoms with Crippen molar-refractivity contribution >= 4 is 29.5 Å². The highest BCUT2D eigenvalue weighted by Crippen LogP contribution is 2.27. The van der Waals surface area contributed by atoms with Crippen molar-refractivity contribution in [2.75, 3.05) is 13.6 Å². The maximum atomic E-state index is 14.0. The monoisotopic (exact) mass is 582 g/mol. The van der Waals surface area contributed by atoms with E-state index in [4.69, 9.17) is 5.73 Å². The highest BCUT2D eigenvalue weighted by Gasteiger charge is 2.45. The van der Waals surface area contributed by atoms with E-state index in [9.17, 15) is 24.0 Å². The summed E-state index contributed by atoms with van der Waals surface area (Å²) in [6.07, 6.45) is 0.744. The van der Waals surface area contributed by atoms with Crippen LogP contribution in [0.5, 0.6) is 0 Å². The van der Waals surface area contributed by atoms with Gasteiger partial charge in [-0.25, -0.2) is 0 Å². The van der Waals surface area contributed by atoms with E-state index in [2.05, 4.69) is 31.5 Å². The summed E-state index contributed by atoms with van der Waals surface area (Å²) in [4.78, 5) is 66.2. The number of rotatable bonds is 11. The summed E-state index contributed by atoms with van der Waals surface area (Å²) < 4.78 is 0. The van der Waals surface area contributed by atoms with Gasteiger partial charge in [0.25, 0.3) is 11.8 Å². The number of likely N-dealkylation sites (tertiary alicyclic amines) is 1. The average molecular weight is 583 g/mol. The number of nitrogens with two attached hydrogens (primary N) is 1. The Morgan fingerprint density at radius 3 is 2.33 bits per heavy atom. The molecule has 5 unspecified atom stereocenters. The van der Waals surface area contributed by atoms with Crippen LogP contribution in [-0.2, 0) is 20.8 Å². The molecule has 0 radical (unpaired) electrons. The Bertz CT molecular complexity index is 1290. The largest absolute Gasteiger partial charge is 0.364 e. The molecule has 2 heterocycles. The van der Waals surface area contributed by atoms with E-state index in [1.807, 2.05) is 58.0 Å². The number of nitrogens with zero attached hydrogens (tertiary/aromatic N) is 2. The zero-order chi connectivity index (χ0) is 31.2. The Morgan fingerprint density at radius 1 is 1.10 bits per heavy atom. The number of amides is 5. The molecule has 5 amide bonds. The van der Waals surface area contributed by atoms with Crippen LogP contribution in [0, 0.1) is 5.41 Å². The molecule has 2 aromatic rings. The highest BCUT2D eigenvalue weighted by molar-refractivity contribution is 5.98. The molecular weight excluding hydrogens is 540 g/mol. The molecule has 0 aliphatic carbocycles. The van der Waals surface area contributed by atoms with Gasteiger partial charge in [0.05, 0.1) is 6.04 Å². The summed E-state index contributed by atoms with van der Waals surface area (Å²) >= 11 is 0. The van der Waals surface area contributed by atoms with E-state index in [0.717, 1.165) is 5.56 Å². The second-order valence-corrected chi connectivity index (χ2v) is 11.9. The minimum Gasteiger partial charge on any atom is -0.364 e. The Morgan fingerprint density at radius 2 is 1.76 bits per heavy atom. The first-order valence-electron chi connectivity index (χ1n) is 14.0. The summed E-state index contributed by atoms with van der Waals surface area (Å²) in [7, 11) is 1.65. The number of primary amides is 1. The van der Waals surface area contributed by atoms with Gasteiger partial charge >= 0.3 is 0 Å². The first kappa shape index (κ1) is 32.3. The highest BCUT2D eigenvalue weighted by atomic mass is 16.2. The molecule has 5 atom stereocenters. The Labute approximate surface area is 245 Å². The van der Waals surface area contributed by atoms with Gasteiger partial charge in [-0.2, -0.15) is 5.10 Å². The molecule has 3 rings (SSSR count). The topological polar surface area (TPSA) is 191 Å². The summed E-state index contributed by atoms with van der Waals surface area (Å²) in [5.74, 6) is -2.48. The molecular formula is C29H42N8O5. The van der Waals surface area contributed by atoms with Gasteiger partial charge in [0.1, 0.15) is 17.8 Å². The molecule has 1 aliphatic heterocycles. The molecule has 42 heavy (non-hydrogen) atoms. The first-order valence-corrected chi connectivity index (χ1v) is 14.0. The summed E-state index contributed by atoms with van der Waals surface area (Å²) in [6.45, 7) is 9.11. The molecule has 0 saturated carbocycles. The van der Waals surface area contributed by atoms with Gasteiger partial charge in [-0.1, -0.05) is 51.1 Å². The van der Waals surface area contributed by atoms with Crippen LogP contribution < -0.4 is 27.0 Å². The van der Waals surface area contributed by atoms with Crippen molar-refractivity contribution in [3.63, 3.8) is 0 Å². The zero-order valence-electron chi connectivity index (χ0n) is 25.0. The predicted molar refractivity (Wildman–Crippen MR) is 156 cm³/mol. The lowest BCUT2D eigenvalue weighted by Crippen LogP contribution is -2.60. The molecule has 0 bridgehead atoms. The van der Waals surface area contributed by atoms with Gasteiger partial charge in [0, 0.05) is 24.7 Å². The molecule has 13 heteroatoms. The van der Waals surface area contributed by atoms with E-state index >= 15 is 0 Å². The van der Waals surface area contributed by atoms with Gasteiger partial charge in [-0.05, 0) is 44.7 Å². The molecule has 1 fully saturated rings. The lowest BCUT2D eigenvalue weighted by molar-refractivity contribution is -0.144. The van der Waals surface area contributed by atoms with Gasteiger partial charge in [0.15, 0.2) is 5.69 Å². The number of benzene rings is 1. The third-order valence-electron chi connectivity index (χ3n) is 7.30. The van der Waals surface area contributed by atoms with Gasteiger partial charge < -0.3 is 31.9 Å². The maximum absolute atomic E-state index is 14.0. The molecule has 1 saturated heterocycles. The second kappa shape index (κ2) is 13.6. The van der Waals surface area contributed by atoms with E-state index in [0.29, 0.717) is 6.42 Å². The lowest BCUT2D eigenvalue weighted by atomic mass is 9.85. The molecule has 7 N–H and O–H groups in total. The molecule has 1 aromatic carbocycles. The quantitative estimate of drug-likeness (QED) is 0.216. The van der Waals surface area contributed by atoms with Crippen molar-refractivity contribution in [1.29, 1.82) is 0 Å². The smallest absolute Gasteiger partial charge is 0.269 e. The van der Waals surface area contributed by atoms with Crippen molar-refractivity contribution in [1.82, 2.24) is 36.4 Å². The van der Waals surface area contributed by atoms with Crippen LogP contribution >= 0.6 is 0 Å². The molecule has 0 spiro atoms.